The van der Waals surface area contributed by atoms with Crippen molar-refractivity contribution in [2.75, 3.05) is 17.3 Å². The molecule has 0 radical (unpaired) electrons. The standard InChI is InChI=1S/C13H18FN5O2S2/c1-23-7-6-10(17-12(15)21)11(20)18-19-13(22)16-9-4-2-8(14)3-5-9/h2-5,10H,6-7H2,1H3,(H,18,20)(H3,15,17,21)(H2,16,19,22)/t10-/m1/s1. The number of hydrogen-bond donors (Lipinski definition) is 5. The molecule has 0 bridgehead atoms. The van der Waals surface area contributed by atoms with E-state index < -0.39 is 18.0 Å². The van der Waals surface area contributed by atoms with Gasteiger partial charge in [-0.25, -0.2) is 9.18 Å². The fraction of sp³-hybridized carbons (Fsp3) is 0.308. The number of rotatable bonds is 6. The highest BCUT2D eigenvalue weighted by Crippen LogP contribution is 2.07. The lowest BCUT2D eigenvalue weighted by atomic mass is 10.2. The Morgan fingerprint density at radius 3 is 2.52 bits per heavy atom. The van der Waals surface area contributed by atoms with Crippen molar-refractivity contribution in [3.05, 3.63) is 30.1 Å². The summed E-state index contributed by atoms with van der Waals surface area (Å²) in [5.41, 5.74) is 10.5. The normalized spacial score (nSPS) is 11.2. The van der Waals surface area contributed by atoms with Gasteiger partial charge >= 0.3 is 6.03 Å². The molecule has 126 valence electrons. The van der Waals surface area contributed by atoms with Crippen LogP contribution < -0.4 is 27.2 Å². The number of halogens is 1. The zero-order valence-electron chi connectivity index (χ0n) is 12.4. The van der Waals surface area contributed by atoms with E-state index in [2.05, 4.69) is 21.5 Å². The molecule has 0 spiro atoms. The van der Waals surface area contributed by atoms with Gasteiger partial charge in [-0.05, 0) is 54.9 Å². The van der Waals surface area contributed by atoms with Crippen LogP contribution in [0.25, 0.3) is 0 Å². The van der Waals surface area contributed by atoms with Crippen LogP contribution in [0.4, 0.5) is 14.9 Å². The lowest BCUT2D eigenvalue weighted by molar-refractivity contribution is -0.123. The molecule has 0 aliphatic rings. The van der Waals surface area contributed by atoms with Crippen LogP contribution in [0.15, 0.2) is 24.3 Å². The number of nitrogens with two attached hydrogens (primary N) is 1. The molecule has 0 unspecified atom stereocenters. The molecule has 10 heteroatoms. The highest BCUT2D eigenvalue weighted by atomic mass is 32.2. The minimum atomic E-state index is -0.779. The number of amides is 3. The lowest BCUT2D eigenvalue weighted by Crippen LogP contribution is -2.54. The number of thiocarbonyl (C=S) groups is 1. The molecule has 7 nitrogen and oxygen atoms in total. The number of nitrogens with one attached hydrogen (secondary N) is 4. The number of urea groups is 1. The van der Waals surface area contributed by atoms with Gasteiger partial charge in [0.15, 0.2) is 5.11 Å². The summed E-state index contributed by atoms with van der Waals surface area (Å²) in [4.78, 5) is 22.9. The van der Waals surface area contributed by atoms with Crippen LogP contribution in [0.1, 0.15) is 6.42 Å². The summed E-state index contributed by atoms with van der Waals surface area (Å²) in [5.74, 6) is -0.158. The Morgan fingerprint density at radius 2 is 1.96 bits per heavy atom. The largest absolute Gasteiger partial charge is 0.352 e. The van der Waals surface area contributed by atoms with E-state index in [-0.39, 0.29) is 10.9 Å². The third kappa shape index (κ3) is 7.66. The first-order valence-corrected chi connectivity index (χ1v) is 8.40. The van der Waals surface area contributed by atoms with Gasteiger partial charge in [-0.2, -0.15) is 11.8 Å². The first-order chi connectivity index (χ1) is 10.9. The molecule has 3 amide bonds. The van der Waals surface area contributed by atoms with Crippen molar-refractivity contribution in [3.63, 3.8) is 0 Å². The molecule has 23 heavy (non-hydrogen) atoms. The van der Waals surface area contributed by atoms with Crippen LogP contribution in [0.2, 0.25) is 0 Å². The molecule has 0 saturated carbocycles. The summed E-state index contributed by atoms with van der Waals surface area (Å²) in [6.45, 7) is 0. The fourth-order valence-electron chi connectivity index (χ4n) is 1.58. The van der Waals surface area contributed by atoms with E-state index in [1.165, 1.54) is 24.3 Å². The highest BCUT2D eigenvalue weighted by molar-refractivity contribution is 7.98. The van der Waals surface area contributed by atoms with E-state index in [0.29, 0.717) is 17.9 Å². The molecule has 0 aliphatic carbocycles. The van der Waals surface area contributed by atoms with Crippen LogP contribution in [0.3, 0.4) is 0 Å². The van der Waals surface area contributed by atoms with Gasteiger partial charge in [0, 0.05) is 5.69 Å². The predicted molar refractivity (Wildman–Crippen MR) is 93.4 cm³/mol. The van der Waals surface area contributed by atoms with Crippen molar-refractivity contribution < 1.29 is 14.0 Å². The van der Waals surface area contributed by atoms with Crippen molar-refractivity contribution in [2.45, 2.75) is 12.5 Å². The Balaban J connectivity index is 2.46. The molecular weight excluding hydrogens is 341 g/mol. The van der Waals surface area contributed by atoms with Gasteiger partial charge in [-0.15, -0.1) is 0 Å². The maximum Gasteiger partial charge on any atom is 0.312 e. The highest BCUT2D eigenvalue weighted by Gasteiger charge is 2.19. The number of benzene rings is 1. The van der Waals surface area contributed by atoms with Crippen LogP contribution >= 0.6 is 24.0 Å². The SMILES string of the molecule is CSCC[C@@H](NC(N)=O)C(=O)NNC(=S)Nc1ccc(F)cc1. The van der Waals surface area contributed by atoms with Gasteiger partial charge < -0.3 is 16.4 Å². The molecule has 1 aromatic rings. The molecule has 0 heterocycles. The van der Waals surface area contributed by atoms with E-state index in [1.807, 2.05) is 6.26 Å². The maximum atomic E-state index is 12.8. The second-order valence-electron chi connectivity index (χ2n) is 4.42. The van der Waals surface area contributed by atoms with Crippen molar-refractivity contribution in [1.29, 1.82) is 0 Å². The van der Waals surface area contributed by atoms with E-state index in [4.69, 9.17) is 18.0 Å². The summed E-state index contributed by atoms with van der Waals surface area (Å²) >= 11 is 6.54. The zero-order chi connectivity index (χ0) is 17.2. The molecule has 1 aromatic carbocycles. The van der Waals surface area contributed by atoms with Crippen molar-refractivity contribution >= 4 is 46.7 Å². The molecule has 1 atom stereocenters. The lowest BCUT2D eigenvalue weighted by Gasteiger charge is -2.18. The first kappa shape index (κ1) is 19.0. The monoisotopic (exact) mass is 359 g/mol. The summed E-state index contributed by atoms with van der Waals surface area (Å²) in [7, 11) is 0. The van der Waals surface area contributed by atoms with E-state index in [9.17, 15) is 14.0 Å². The van der Waals surface area contributed by atoms with Crippen molar-refractivity contribution in [1.82, 2.24) is 16.2 Å². The Kier molecular flexibility index (Phi) is 8.13. The average molecular weight is 359 g/mol. The van der Waals surface area contributed by atoms with E-state index >= 15 is 0 Å². The number of carbonyl (C=O) groups excluding carboxylic acids is 2. The van der Waals surface area contributed by atoms with Gasteiger partial charge in [-0.1, -0.05) is 0 Å². The summed E-state index contributed by atoms with van der Waals surface area (Å²) in [6, 6.07) is 4.01. The summed E-state index contributed by atoms with van der Waals surface area (Å²) in [5, 5.41) is 5.25. The number of anilines is 1. The number of carbonyl (C=O) groups is 2. The third-order valence-electron chi connectivity index (χ3n) is 2.64. The summed E-state index contributed by atoms with van der Waals surface area (Å²) < 4.78 is 12.8. The number of hydrogen-bond acceptors (Lipinski definition) is 4. The zero-order valence-corrected chi connectivity index (χ0v) is 14.0. The second-order valence-corrected chi connectivity index (χ2v) is 5.81. The van der Waals surface area contributed by atoms with Gasteiger partial charge in [0.2, 0.25) is 0 Å². The minimum Gasteiger partial charge on any atom is -0.352 e. The summed E-state index contributed by atoms with van der Waals surface area (Å²) in [6.07, 6.45) is 2.31. The van der Waals surface area contributed by atoms with Gasteiger partial charge in [0.1, 0.15) is 11.9 Å². The van der Waals surface area contributed by atoms with Crippen molar-refractivity contribution in [2.24, 2.45) is 5.73 Å². The average Bonchev–Trinajstić information content (AvgIpc) is 2.51. The fourth-order valence-corrected chi connectivity index (χ4v) is 2.22. The van der Waals surface area contributed by atoms with Crippen LogP contribution in [0.5, 0.6) is 0 Å². The van der Waals surface area contributed by atoms with Gasteiger partial charge in [-0.3, -0.25) is 15.6 Å². The number of primary amides is 1. The smallest absolute Gasteiger partial charge is 0.312 e. The van der Waals surface area contributed by atoms with Crippen molar-refractivity contribution in [3.8, 4) is 0 Å². The predicted octanol–water partition coefficient (Wildman–Crippen LogP) is 0.933. The van der Waals surface area contributed by atoms with Crippen LogP contribution in [-0.2, 0) is 4.79 Å². The van der Waals surface area contributed by atoms with Crippen LogP contribution in [-0.4, -0.2) is 35.1 Å². The Labute approximate surface area is 142 Å². The minimum absolute atomic E-state index is 0.118. The Hall–Kier alpha value is -2.07. The maximum absolute atomic E-state index is 12.8. The molecule has 0 aromatic heterocycles. The number of thioether (sulfide) groups is 1. The molecule has 1 rings (SSSR count). The molecule has 6 N–H and O–H groups in total. The Bertz CT molecular complexity index is 556. The number of hydrazine groups is 1. The third-order valence-corrected chi connectivity index (χ3v) is 3.49. The molecule has 0 fully saturated rings. The van der Waals surface area contributed by atoms with Crippen LogP contribution in [0, 0.1) is 5.82 Å². The topological polar surface area (TPSA) is 108 Å². The van der Waals surface area contributed by atoms with Gasteiger partial charge in [0.25, 0.3) is 5.91 Å². The van der Waals surface area contributed by atoms with E-state index in [1.54, 1.807) is 11.8 Å². The Morgan fingerprint density at radius 1 is 1.30 bits per heavy atom. The van der Waals surface area contributed by atoms with Gasteiger partial charge in [0.05, 0.1) is 0 Å². The molecule has 0 saturated heterocycles. The second kappa shape index (κ2) is 9.85. The molecular formula is C13H18FN5O2S2. The quantitative estimate of drug-likeness (QED) is 0.382. The first-order valence-electron chi connectivity index (χ1n) is 6.59. The molecule has 0 aliphatic heterocycles. The van der Waals surface area contributed by atoms with E-state index in [0.717, 1.165) is 0 Å².